The Morgan fingerprint density at radius 2 is 1.67 bits per heavy atom. The van der Waals surface area contributed by atoms with Gasteiger partial charge in [0, 0.05) is 57.6 Å². The molecule has 0 saturated carbocycles. The van der Waals surface area contributed by atoms with Gasteiger partial charge in [-0.1, -0.05) is 30.3 Å². The van der Waals surface area contributed by atoms with Gasteiger partial charge >= 0.3 is 0 Å². The van der Waals surface area contributed by atoms with Crippen LogP contribution in [0.5, 0.6) is 0 Å². The molecule has 2 saturated heterocycles. The van der Waals surface area contributed by atoms with Crippen LogP contribution < -0.4 is 21.3 Å². The molecule has 3 aromatic rings. The van der Waals surface area contributed by atoms with Crippen molar-refractivity contribution in [3.63, 3.8) is 0 Å². The minimum Gasteiger partial charge on any atom is -0.380 e. The molecule has 1 aromatic heterocycles. The lowest BCUT2D eigenvalue weighted by Gasteiger charge is -2.35. The lowest BCUT2D eigenvalue weighted by molar-refractivity contribution is -0.136. The standard InChI is InChI=1S/C31H31N7O5/c32-28(40)21-8-10-25(34-17-21)37-14-12-36(13-15-37)18-20-6-4-19(5-7-20)16-33-23-3-1-2-22-27(23)31(43)38(30(22)42)24-9-11-26(39)35-29(24)41/h1-8,10,17,24,33H,9,11-16,18H2,(H2,32,40)(H,35,39,41). The number of nitrogens with two attached hydrogens (primary N) is 1. The maximum Gasteiger partial charge on any atom is 0.264 e. The van der Waals surface area contributed by atoms with Crippen LogP contribution in [-0.4, -0.2) is 76.5 Å². The van der Waals surface area contributed by atoms with E-state index in [0.717, 1.165) is 49.0 Å². The maximum atomic E-state index is 13.3. The van der Waals surface area contributed by atoms with E-state index in [1.54, 1.807) is 24.3 Å². The summed E-state index contributed by atoms with van der Waals surface area (Å²) in [6.07, 6.45) is 1.70. The first-order valence-electron chi connectivity index (χ1n) is 14.2. The normalized spacial score (nSPS) is 18.9. The number of rotatable bonds is 8. The molecule has 2 aromatic carbocycles. The second-order valence-electron chi connectivity index (χ2n) is 10.9. The second kappa shape index (κ2) is 11.6. The number of amides is 5. The number of carbonyl (C=O) groups excluding carboxylic acids is 5. The van der Waals surface area contributed by atoms with Crippen molar-refractivity contribution in [1.29, 1.82) is 0 Å². The fourth-order valence-corrected chi connectivity index (χ4v) is 5.73. The molecule has 4 heterocycles. The Morgan fingerprint density at radius 3 is 2.35 bits per heavy atom. The number of aromatic nitrogens is 1. The monoisotopic (exact) mass is 581 g/mol. The maximum absolute atomic E-state index is 13.3. The van der Waals surface area contributed by atoms with Crippen LogP contribution in [0.25, 0.3) is 0 Å². The number of carbonyl (C=O) groups is 5. The number of nitrogens with zero attached hydrogens (tertiary/aromatic N) is 4. The van der Waals surface area contributed by atoms with E-state index in [1.807, 2.05) is 18.2 Å². The molecular formula is C31H31N7O5. The number of hydrogen-bond donors (Lipinski definition) is 3. The van der Waals surface area contributed by atoms with Gasteiger partial charge in [0.1, 0.15) is 11.9 Å². The molecule has 3 aliphatic rings. The highest BCUT2D eigenvalue weighted by atomic mass is 16.2. The van der Waals surface area contributed by atoms with Crippen LogP contribution in [0.4, 0.5) is 11.5 Å². The summed E-state index contributed by atoms with van der Waals surface area (Å²) in [5.74, 6) is -1.75. The highest BCUT2D eigenvalue weighted by Crippen LogP contribution is 2.32. The van der Waals surface area contributed by atoms with E-state index in [9.17, 15) is 24.0 Å². The predicted octanol–water partition coefficient (Wildman–Crippen LogP) is 1.52. The van der Waals surface area contributed by atoms with Gasteiger partial charge in [-0.25, -0.2) is 4.98 Å². The topological polar surface area (TPSA) is 158 Å². The number of pyridine rings is 1. The summed E-state index contributed by atoms with van der Waals surface area (Å²) >= 11 is 0. The fourth-order valence-electron chi connectivity index (χ4n) is 5.73. The summed E-state index contributed by atoms with van der Waals surface area (Å²) in [5.41, 5.74) is 8.90. The lowest BCUT2D eigenvalue weighted by atomic mass is 10.0. The third kappa shape index (κ3) is 5.69. The molecule has 0 bridgehead atoms. The lowest BCUT2D eigenvalue weighted by Crippen LogP contribution is -2.54. The molecule has 1 unspecified atom stereocenters. The Balaban J connectivity index is 1.04. The number of piperidine rings is 1. The van der Waals surface area contributed by atoms with Crippen LogP contribution in [0.3, 0.4) is 0 Å². The van der Waals surface area contributed by atoms with Crippen molar-refractivity contribution in [3.05, 3.63) is 88.6 Å². The predicted molar refractivity (Wildman–Crippen MR) is 157 cm³/mol. The Morgan fingerprint density at radius 1 is 0.930 bits per heavy atom. The SMILES string of the molecule is NC(=O)c1ccc(N2CCN(Cc3ccc(CNc4cccc5c4C(=O)N(C4CCC(=O)NC4=O)C5=O)cc3)CC2)nc1. The second-order valence-corrected chi connectivity index (χ2v) is 10.9. The van der Waals surface area contributed by atoms with Gasteiger partial charge in [-0.3, -0.25) is 39.1 Å². The number of imide groups is 2. The molecule has 43 heavy (non-hydrogen) atoms. The van der Waals surface area contributed by atoms with Gasteiger partial charge in [0.25, 0.3) is 11.8 Å². The van der Waals surface area contributed by atoms with Gasteiger partial charge in [-0.2, -0.15) is 0 Å². The van der Waals surface area contributed by atoms with E-state index in [1.165, 1.54) is 11.8 Å². The van der Waals surface area contributed by atoms with Crippen molar-refractivity contribution in [2.75, 3.05) is 36.4 Å². The molecule has 12 heteroatoms. The Labute approximate surface area is 247 Å². The van der Waals surface area contributed by atoms with Crippen LogP contribution in [0.1, 0.15) is 55.0 Å². The van der Waals surface area contributed by atoms with E-state index in [-0.39, 0.29) is 24.0 Å². The zero-order valence-electron chi connectivity index (χ0n) is 23.4. The van der Waals surface area contributed by atoms with Gasteiger partial charge in [-0.05, 0) is 41.8 Å². The van der Waals surface area contributed by atoms with E-state index in [2.05, 4.69) is 37.6 Å². The van der Waals surface area contributed by atoms with Crippen molar-refractivity contribution in [1.82, 2.24) is 20.1 Å². The molecule has 12 nitrogen and oxygen atoms in total. The highest BCUT2D eigenvalue weighted by molar-refractivity contribution is 6.25. The summed E-state index contributed by atoms with van der Waals surface area (Å²) < 4.78 is 0. The van der Waals surface area contributed by atoms with Gasteiger partial charge in [-0.15, -0.1) is 0 Å². The minimum atomic E-state index is -1.00. The Bertz CT molecular complexity index is 1600. The summed E-state index contributed by atoms with van der Waals surface area (Å²) in [5, 5.41) is 5.50. The van der Waals surface area contributed by atoms with Crippen molar-refractivity contribution >= 4 is 41.0 Å². The highest BCUT2D eigenvalue weighted by Gasteiger charge is 2.45. The first-order chi connectivity index (χ1) is 20.8. The number of anilines is 2. The van der Waals surface area contributed by atoms with Gasteiger partial charge < -0.3 is 16.0 Å². The molecule has 220 valence electrons. The van der Waals surface area contributed by atoms with Crippen molar-refractivity contribution in [2.45, 2.75) is 32.0 Å². The van der Waals surface area contributed by atoms with Gasteiger partial charge in [0.2, 0.25) is 17.7 Å². The molecule has 4 N–H and O–H groups in total. The van der Waals surface area contributed by atoms with E-state index in [4.69, 9.17) is 5.73 Å². The number of piperazine rings is 1. The van der Waals surface area contributed by atoms with Crippen molar-refractivity contribution in [2.24, 2.45) is 5.73 Å². The molecule has 2 fully saturated rings. The zero-order chi connectivity index (χ0) is 30.1. The smallest absolute Gasteiger partial charge is 0.264 e. The molecule has 0 aliphatic carbocycles. The minimum absolute atomic E-state index is 0.0761. The number of primary amides is 1. The fraction of sp³-hybridized carbons (Fsp3) is 0.290. The average molecular weight is 582 g/mol. The molecule has 0 spiro atoms. The van der Waals surface area contributed by atoms with E-state index < -0.39 is 35.6 Å². The van der Waals surface area contributed by atoms with Crippen molar-refractivity contribution in [3.8, 4) is 0 Å². The van der Waals surface area contributed by atoms with Gasteiger partial charge in [0.15, 0.2) is 0 Å². The average Bonchev–Trinajstić information content (AvgIpc) is 3.27. The summed E-state index contributed by atoms with van der Waals surface area (Å²) in [6.45, 7) is 4.67. The largest absolute Gasteiger partial charge is 0.380 e. The Hall–Kier alpha value is -5.10. The van der Waals surface area contributed by atoms with Crippen LogP contribution >= 0.6 is 0 Å². The number of fused-ring (bicyclic) bond motifs is 1. The first kappa shape index (κ1) is 28.0. The van der Waals surface area contributed by atoms with E-state index >= 15 is 0 Å². The Kier molecular flexibility index (Phi) is 7.59. The van der Waals surface area contributed by atoms with Crippen LogP contribution in [0.15, 0.2) is 60.8 Å². The molecule has 5 amide bonds. The van der Waals surface area contributed by atoms with Gasteiger partial charge in [0.05, 0.1) is 16.7 Å². The third-order valence-electron chi connectivity index (χ3n) is 8.11. The van der Waals surface area contributed by atoms with E-state index in [0.29, 0.717) is 17.8 Å². The summed E-state index contributed by atoms with van der Waals surface area (Å²) in [7, 11) is 0. The molecule has 6 rings (SSSR count). The van der Waals surface area contributed by atoms with Crippen molar-refractivity contribution < 1.29 is 24.0 Å². The summed E-state index contributed by atoms with van der Waals surface area (Å²) in [6, 6.07) is 15.8. The molecule has 3 aliphatic heterocycles. The number of nitrogens with one attached hydrogen (secondary N) is 2. The third-order valence-corrected chi connectivity index (χ3v) is 8.11. The van der Waals surface area contributed by atoms with Crippen LogP contribution in [0.2, 0.25) is 0 Å². The quantitative estimate of drug-likeness (QED) is 0.335. The molecular weight excluding hydrogens is 550 g/mol. The molecule has 0 radical (unpaired) electrons. The van der Waals surface area contributed by atoms with Crippen LogP contribution in [-0.2, 0) is 22.7 Å². The zero-order valence-corrected chi connectivity index (χ0v) is 23.4. The van der Waals surface area contributed by atoms with Crippen LogP contribution in [0, 0.1) is 0 Å². The number of benzene rings is 2. The summed E-state index contributed by atoms with van der Waals surface area (Å²) in [4.78, 5) is 71.5. The first-order valence-corrected chi connectivity index (χ1v) is 14.2. The molecule has 1 atom stereocenters. The number of hydrogen-bond acceptors (Lipinski definition) is 9.